The van der Waals surface area contributed by atoms with Gasteiger partial charge in [-0.15, -0.1) is 23.7 Å². The largest absolute Gasteiger partial charge is 0.494 e. The minimum Gasteiger partial charge on any atom is -0.494 e. The van der Waals surface area contributed by atoms with Crippen LogP contribution in [0.3, 0.4) is 0 Å². The molecule has 1 rings (SSSR count). The Balaban J connectivity index is 0.00000289. The molecule has 0 aliphatic carbocycles. The predicted molar refractivity (Wildman–Crippen MR) is 76.2 cm³/mol. The van der Waals surface area contributed by atoms with Crippen molar-refractivity contribution in [2.45, 2.75) is 30.0 Å². The van der Waals surface area contributed by atoms with E-state index in [-0.39, 0.29) is 29.2 Å². The summed E-state index contributed by atoms with van der Waals surface area (Å²) in [6.07, 6.45) is 1.73. The van der Waals surface area contributed by atoms with Gasteiger partial charge in [-0.25, -0.2) is 13.1 Å². The van der Waals surface area contributed by atoms with Crippen molar-refractivity contribution >= 4 is 33.8 Å². The fourth-order valence-electron chi connectivity index (χ4n) is 1.39. The van der Waals surface area contributed by atoms with E-state index in [1.807, 2.05) is 6.92 Å². The van der Waals surface area contributed by atoms with E-state index >= 15 is 0 Å². The number of ether oxygens (including phenoxy) is 1. The lowest BCUT2D eigenvalue weighted by molar-refractivity contribution is 0.406. The molecule has 1 heterocycles. The average molecular weight is 315 g/mol. The van der Waals surface area contributed by atoms with Crippen LogP contribution in [-0.2, 0) is 10.0 Å². The van der Waals surface area contributed by atoms with Crippen molar-refractivity contribution < 1.29 is 13.2 Å². The quantitative estimate of drug-likeness (QED) is 0.800. The van der Waals surface area contributed by atoms with E-state index in [0.29, 0.717) is 5.75 Å². The lowest BCUT2D eigenvalue weighted by Gasteiger charge is -2.11. The van der Waals surface area contributed by atoms with E-state index in [1.165, 1.54) is 7.11 Å². The minimum atomic E-state index is -3.51. The molecular weight excluding hydrogens is 296 g/mol. The lowest BCUT2D eigenvalue weighted by atomic mass is 10.2. The molecule has 0 spiro atoms. The SMILES string of the molecule is CCCC(N)CNS(=O)(=O)c1sccc1OC.Cl. The molecule has 1 aromatic rings. The summed E-state index contributed by atoms with van der Waals surface area (Å²) in [5.74, 6) is 0.367. The molecule has 0 saturated heterocycles. The number of nitrogens with two attached hydrogens (primary N) is 1. The Morgan fingerprint density at radius 1 is 1.56 bits per heavy atom. The van der Waals surface area contributed by atoms with Gasteiger partial charge in [-0.2, -0.15) is 0 Å². The zero-order chi connectivity index (χ0) is 12.9. The number of hydrogen-bond acceptors (Lipinski definition) is 5. The standard InChI is InChI=1S/C10H18N2O3S2.ClH/c1-3-4-8(11)7-12-17(13,14)10-9(15-2)5-6-16-10;/h5-6,8,12H,3-4,7,11H2,1-2H3;1H. The van der Waals surface area contributed by atoms with Gasteiger partial charge in [-0.05, 0) is 17.9 Å². The summed E-state index contributed by atoms with van der Waals surface area (Å²) in [6, 6.07) is 1.48. The molecule has 18 heavy (non-hydrogen) atoms. The molecule has 8 heteroatoms. The number of nitrogens with one attached hydrogen (secondary N) is 1. The van der Waals surface area contributed by atoms with Crippen LogP contribution in [0, 0.1) is 0 Å². The van der Waals surface area contributed by atoms with E-state index in [1.54, 1.807) is 11.4 Å². The van der Waals surface area contributed by atoms with Crippen molar-refractivity contribution in [2.24, 2.45) is 5.73 Å². The molecule has 1 aromatic heterocycles. The first-order chi connectivity index (χ1) is 8.01. The third kappa shape index (κ3) is 4.74. The smallest absolute Gasteiger partial charge is 0.253 e. The maximum atomic E-state index is 11.9. The zero-order valence-corrected chi connectivity index (χ0v) is 12.8. The molecule has 5 nitrogen and oxygen atoms in total. The van der Waals surface area contributed by atoms with Crippen LogP contribution in [0.4, 0.5) is 0 Å². The molecule has 0 aliphatic rings. The van der Waals surface area contributed by atoms with Gasteiger partial charge in [0.05, 0.1) is 7.11 Å². The zero-order valence-electron chi connectivity index (χ0n) is 10.4. The maximum absolute atomic E-state index is 11.9. The van der Waals surface area contributed by atoms with Gasteiger partial charge in [0.1, 0.15) is 5.75 Å². The van der Waals surface area contributed by atoms with Gasteiger partial charge in [0.25, 0.3) is 10.0 Å². The van der Waals surface area contributed by atoms with Crippen LogP contribution < -0.4 is 15.2 Å². The fourth-order valence-corrected chi connectivity index (χ4v) is 3.80. The summed E-state index contributed by atoms with van der Waals surface area (Å²) in [7, 11) is -2.06. The number of thiophene rings is 1. The van der Waals surface area contributed by atoms with Crippen LogP contribution in [0.15, 0.2) is 15.7 Å². The number of halogens is 1. The highest BCUT2D eigenvalue weighted by atomic mass is 35.5. The molecule has 0 aliphatic heterocycles. The van der Waals surface area contributed by atoms with Gasteiger partial charge in [0.2, 0.25) is 0 Å². The van der Waals surface area contributed by atoms with Crippen molar-refractivity contribution in [1.82, 2.24) is 4.72 Å². The van der Waals surface area contributed by atoms with Crippen LogP contribution in [-0.4, -0.2) is 28.1 Å². The average Bonchev–Trinajstić information content (AvgIpc) is 2.76. The maximum Gasteiger partial charge on any atom is 0.253 e. The Morgan fingerprint density at radius 3 is 2.78 bits per heavy atom. The predicted octanol–water partition coefficient (Wildman–Crippen LogP) is 1.58. The highest BCUT2D eigenvalue weighted by Gasteiger charge is 2.21. The molecule has 0 fully saturated rings. The second kappa shape index (κ2) is 7.96. The first-order valence-electron chi connectivity index (χ1n) is 5.38. The van der Waals surface area contributed by atoms with Crippen LogP contribution in [0.2, 0.25) is 0 Å². The molecule has 0 radical (unpaired) electrons. The summed E-state index contributed by atoms with van der Waals surface area (Å²) < 4.78 is 31.6. The van der Waals surface area contributed by atoms with E-state index in [4.69, 9.17) is 10.5 Å². The highest BCUT2D eigenvalue weighted by molar-refractivity contribution is 7.91. The van der Waals surface area contributed by atoms with Gasteiger partial charge >= 0.3 is 0 Å². The van der Waals surface area contributed by atoms with Crippen LogP contribution in [0.5, 0.6) is 5.75 Å². The van der Waals surface area contributed by atoms with E-state index in [9.17, 15) is 8.42 Å². The van der Waals surface area contributed by atoms with Gasteiger partial charge in [0.15, 0.2) is 4.21 Å². The monoisotopic (exact) mass is 314 g/mol. The van der Waals surface area contributed by atoms with Gasteiger partial charge < -0.3 is 10.5 Å². The van der Waals surface area contributed by atoms with Gasteiger partial charge in [-0.1, -0.05) is 13.3 Å². The molecule has 0 bridgehead atoms. The topological polar surface area (TPSA) is 81.4 Å². The minimum absolute atomic E-state index is 0. The second-order valence-electron chi connectivity index (χ2n) is 3.68. The van der Waals surface area contributed by atoms with E-state index < -0.39 is 10.0 Å². The molecule has 1 atom stereocenters. The molecule has 106 valence electrons. The molecular formula is C10H19ClN2O3S2. The Bertz CT molecular complexity index is 448. The summed E-state index contributed by atoms with van der Waals surface area (Å²) in [5, 5.41) is 1.68. The van der Waals surface area contributed by atoms with Crippen LogP contribution in [0.1, 0.15) is 19.8 Å². The molecule has 3 N–H and O–H groups in total. The van der Waals surface area contributed by atoms with E-state index in [2.05, 4.69) is 4.72 Å². The van der Waals surface area contributed by atoms with Gasteiger partial charge in [-0.3, -0.25) is 0 Å². The number of sulfonamides is 1. The second-order valence-corrected chi connectivity index (χ2v) is 6.56. The summed E-state index contributed by atoms with van der Waals surface area (Å²) in [4.78, 5) is 0. The lowest BCUT2D eigenvalue weighted by Crippen LogP contribution is -2.36. The molecule has 0 aromatic carbocycles. The van der Waals surface area contributed by atoms with Crippen molar-refractivity contribution in [3.63, 3.8) is 0 Å². The third-order valence-electron chi connectivity index (χ3n) is 2.25. The van der Waals surface area contributed by atoms with Crippen molar-refractivity contribution in [3.8, 4) is 5.75 Å². The normalized spacial score (nSPS) is 12.8. The van der Waals surface area contributed by atoms with E-state index in [0.717, 1.165) is 24.2 Å². The number of rotatable bonds is 7. The fraction of sp³-hybridized carbons (Fsp3) is 0.600. The van der Waals surface area contributed by atoms with Gasteiger partial charge in [0, 0.05) is 12.6 Å². The highest BCUT2D eigenvalue weighted by Crippen LogP contribution is 2.28. The van der Waals surface area contributed by atoms with Crippen molar-refractivity contribution in [2.75, 3.05) is 13.7 Å². The Labute approximate surface area is 118 Å². The number of methoxy groups -OCH3 is 1. The molecule has 0 amide bonds. The summed E-state index contributed by atoms with van der Waals surface area (Å²) >= 11 is 1.13. The van der Waals surface area contributed by atoms with Crippen LogP contribution >= 0.6 is 23.7 Å². The summed E-state index contributed by atoms with van der Waals surface area (Å²) in [5.41, 5.74) is 5.76. The van der Waals surface area contributed by atoms with Crippen LogP contribution in [0.25, 0.3) is 0 Å². The Hall–Kier alpha value is -0.340. The Kier molecular flexibility index (Phi) is 7.81. The number of hydrogen-bond donors (Lipinski definition) is 2. The third-order valence-corrected chi connectivity index (χ3v) is 5.13. The first-order valence-corrected chi connectivity index (χ1v) is 7.74. The molecule has 0 saturated carbocycles. The Morgan fingerprint density at radius 2 is 2.22 bits per heavy atom. The van der Waals surface area contributed by atoms with Crippen molar-refractivity contribution in [3.05, 3.63) is 11.4 Å². The molecule has 1 unspecified atom stereocenters. The first kappa shape index (κ1) is 17.7. The van der Waals surface area contributed by atoms with Crippen molar-refractivity contribution in [1.29, 1.82) is 0 Å². The summed E-state index contributed by atoms with van der Waals surface area (Å²) in [6.45, 7) is 2.26.